The van der Waals surface area contributed by atoms with Crippen LogP contribution >= 0.6 is 11.6 Å². The zero-order chi connectivity index (χ0) is 15.2. The van der Waals surface area contributed by atoms with Gasteiger partial charge in [0.15, 0.2) is 0 Å². The zero-order valence-corrected chi connectivity index (χ0v) is 12.6. The minimum atomic E-state index is -0.414. The first-order valence-electron chi connectivity index (χ1n) is 6.92. The van der Waals surface area contributed by atoms with Gasteiger partial charge in [-0.25, -0.2) is 8.78 Å². The van der Waals surface area contributed by atoms with Crippen LogP contribution in [-0.2, 0) is 12.8 Å². The fourth-order valence-corrected chi connectivity index (χ4v) is 2.70. The van der Waals surface area contributed by atoms with Crippen LogP contribution in [0.15, 0.2) is 42.5 Å². The Kier molecular flexibility index (Phi) is 5.71. The number of nitrogens with one attached hydrogen (secondary N) is 1. The second kappa shape index (κ2) is 7.53. The molecule has 0 saturated carbocycles. The molecule has 2 rings (SSSR count). The maximum absolute atomic E-state index is 13.8. The van der Waals surface area contributed by atoms with E-state index in [1.807, 2.05) is 19.2 Å². The van der Waals surface area contributed by atoms with Crippen LogP contribution in [0.1, 0.15) is 11.1 Å². The van der Waals surface area contributed by atoms with Crippen molar-refractivity contribution in [2.75, 3.05) is 13.6 Å². The summed E-state index contributed by atoms with van der Waals surface area (Å²) in [6.07, 6.45) is 1.19. The predicted octanol–water partition coefficient (Wildman–Crippen LogP) is 4.24. The third-order valence-corrected chi connectivity index (χ3v) is 3.92. The molecular formula is C17H18ClF2N. The molecule has 2 aromatic rings. The van der Waals surface area contributed by atoms with Crippen LogP contribution in [0.25, 0.3) is 0 Å². The van der Waals surface area contributed by atoms with E-state index in [0.29, 0.717) is 24.9 Å². The van der Waals surface area contributed by atoms with E-state index < -0.39 is 5.82 Å². The zero-order valence-electron chi connectivity index (χ0n) is 11.9. The molecule has 0 aliphatic rings. The Labute approximate surface area is 128 Å². The highest BCUT2D eigenvalue weighted by Gasteiger charge is 2.15. The molecule has 0 spiro atoms. The monoisotopic (exact) mass is 309 g/mol. The highest BCUT2D eigenvalue weighted by atomic mass is 35.5. The molecule has 0 heterocycles. The second-order valence-corrected chi connectivity index (χ2v) is 5.51. The van der Waals surface area contributed by atoms with Crippen molar-refractivity contribution in [3.05, 3.63) is 70.2 Å². The lowest BCUT2D eigenvalue weighted by Gasteiger charge is -2.18. The smallest absolute Gasteiger partial charge is 0.142 e. The Hall–Kier alpha value is -1.45. The molecule has 4 heteroatoms. The van der Waals surface area contributed by atoms with Crippen LogP contribution in [0.4, 0.5) is 8.78 Å². The molecule has 1 unspecified atom stereocenters. The molecule has 0 aliphatic heterocycles. The molecule has 1 atom stereocenters. The van der Waals surface area contributed by atoms with Gasteiger partial charge in [-0.15, -0.1) is 0 Å². The lowest BCUT2D eigenvalue weighted by molar-refractivity contribution is 0.478. The molecular weight excluding hydrogens is 292 g/mol. The minimum absolute atomic E-state index is 0.145. The average Bonchev–Trinajstić information content (AvgIpc) is 2.46. The van der Waals surface area contributed by atoms with Crippen LogP contribution in [0.5, 0.6) is 0 Å². The summed E-state index contributed by atoms with van der Waals surface area (Å²) in [6, 6.07) is 11.5. The van der Waals surface area contributed by atoms with Gasteiger partial charge in [-0.2, -0.15) is 0 Å². The van der Waals surface area contributed by atoms with E-state index in [9.17, 15) is 8.78 Å². The van der Waals surface area contributed by atoms with E-state index in [0.717, 1.165) is 5.56 Å². The van der Waals surface area contributed by atoms with Gasteiger partial charge in [-0.05, 0) is 55.6 Å². The summed E-state index contributed by atoms with van der Waals surface area (Å²) in [5.41, 5.74) is 1.43. The van der Waals surface area contributed by atoms with Crippen molar-refractivity contribution in [2.24, 2.45) is 5.92 Å². The van der Waals surface area contributed by atoms with Crippen LogP contribution < -0.4 is 5.32 Å². The number of benzene rings is 2. The number of rotatable bonds is 6. The first-order chi connectivity index (χ1) is 10.1. The lowest BCUT2D eigenvalue weighted by Crippen LogP contribution is -2.23. The van der Waals surface area contributed by atoms with Crippen molar-refractivity contribution in [3.63, 3.8) is 0 Å². The summed E-state index contributed by atoms with van der Waals surface area (Å²) in [7, 11) is 1.85. The Morgan fingerprint density at radius 1 is 0.952 bits per heavy atom. The van der Waals surface area contributed by atoms with Crippen molar-refractivity contribution in [1.29, 1.82) is 0 Å². The quantitative estimate of drug-likeness (QED) is 0.841. The van der Waals surface area contributed by atoms with E-state index in [4.69, 9.17) is 11.6 Å². The van der Waals surface area contributed by atoms with Gasteiger partial charge in [-0.1, -0.05) is 41.9 Å². The molecule has 0 radical (unpaired) electrons. The molecule has 21 heavy (non-hydrogen) atoms. The molecule has 0 aliphatic carbocycles. The summed E-state index contributed by atoms with van der Waals surface area (Å²) in [5.74, 6) is -0.474. The van der Waals surface area contributed by atoms with E-state index in [1.54, 1.807) is 18.2 Å². The molecule has 0 amide bonds. The van der Waals surface area contributed by atoms with E-state index in [1.165, 1.54) is 12.1 Å². The van der Waals surface area contributed by atoms with Gasteiger partial charge >= 0.3 is 0 Å². The first kappa shape index (κ1) is 15.9. The topological polar surface area (TPSA) is 12.0 Å². The second-order valence-electron chi connectivity index (χ2n) is 5.14. The summed E-state index contributed by atoms with van der Waals surface area (Å²) in [5, 5.41) is 3.26. The van der Waals surface area contributed by atoms with Crippen LogP contribution in [0.2, 0.25) is 5.02 Å². The van der Waals surface area contributed by atoms with E-state index in [-0.39, 0.29) is 16.8 Å². The van der Waals surface area contributed by atoms with Gasteiger partial charge in [0.25, 0.3) is 0 Å². The van der Waals surface area contributed by atoms with E-state index in [2.05, 4.69) is 5.32 Å². The highest BCUT2D eigenvalue weighted by Crippen LogP contribution is 2.24. The Balaban J connectivity index is 2.16. The summed E-state index contributed by atoms with van der Waals surface area (Å²) < 4.78 is 27.3. The van der Waals surface area contributed by atoms with Crippen molar-refractivity contribution in [3.8, 4) is 0 Å². The fourth-order valence-electron chi connectivity index (χ4n) is 2.50. The van der Waals surface area contributed by atoms with Crippen molar-refractivity contribution in [2.45, 2.75) is 12.8 Å². The molecule has 0 bridgehead atoms. The number of hydrogen-bond acceptors (Lipinski definition) is 1. The number of hydrogen-bond donors (Lipinski definition) is 1. The van der Waals surface area contributed by atoms with Gasteiger partial charge < -0.3 is 5.32 Å². The minimum Gasteiger partial charge on any atom is -0.319 e. The SMILES string of the molecule is CNCC(Cc1ccccc1F)Cc1cccc(F)c1Cl. The summed E-state index contributed by atoms with van der Waals surface area (Å²) in [6.45, 7) is 0.710. The largest absolute Gasteiger partial charge is 0.319 e. The highest BCUT2D eigenvalue weighted by molar-refractivity contribution is 6.31. The average molecular weight is 310 g/mol. The van der Waals surface area contributed by atoms with Crippen molar-refractivity contribution < 1.29 is 8.78 Å². The Morgan fingerprint density at radius 2 is 1.57 bits per heavy atom. The molecule has 1 N–H and O–H groups in total. The van der Waals surface area contributed by atoms with Crippen LogP contribution in [0.3, 0.4) is 0 Å². The third-order valence-electron chi connectivity index (χ3n) is 3.50. The van der Waals surface area contributed by atoms with Gasteiger partial charge in [0.05, 0.1) is 5.02 Å². The molecule has 1 nitrogen and oxygen atoms in total. The summed E-state index contributed by atoms with van der Waals surface area (Å²) in [4.78, 5) is 0. The van der Waals surface area contributed by atoms with E-state index >= 15 is 0 Å². The molecule has 0 fully saturated rings. The summed E-state index contributed by atoms with van der Waals surface area (Å²) >= 11 is 6.00. The fraction of sp³-hybridized carbons (Fsp3) is 0.294. The molecule has 112 valence electrons. The molecule has 2 aromatic carbocycles. The predicted molar refractivity (Wildman–Crippen MR) is 82.6 cm³/mol. The van der Waals surface area contributed by atoms with Gasteiger partial charge in [0.1, 0.15) is 11.6 Å². The maximum Gasteiger partial charge on any atom is 0.142 e. The van der Waals surface area contributed by atoms with Crippen molar-refractivity contribution in [1.82, 2.24) is 5.32 Å². The van der Waals surface area contributed by atoms with Crippen molar-refractivity contribution >= 4 is 11.6 Å². The Bertz CT molecular complexity index is 601. The van der Waals surface area contributed by atoms with Gasteiger partial charge in [0.2, 0.25) is 0 Å². The lowest BCUT2D eigenvalue weighted by atomic mass is 9.92. The number of halogens is 3. The van der Waals surface area contributed by atoms with Gasteiger partial charge in [0, 0.05) is 0 Å². The Morgan fingerprint density at radius 3 is 2.29 bits per heavy atom. The van der Waals surface area contributed by atoms with Crippen LogP contribution in [0, 0.1) is 17.6 Å². The standard InChI is InChI=1S/C17H18ClF2N/c1-21-11-12(9-13-5-2-3-7-15(13)19)10-14-6-4-8-16(20)17(14)18/h2-8,12,21H,9-11H2,1H3. The van der Waals surface area contributed by atoms with Crippen LogP contribution in [-0.4, -0.2) is 13.6 Å². The van der Waals surface area contributed by atoms with Gasteiger partial charge in [-0.3, -0.25) is 0 Å². The first-order valence-corrected chi connectivity index (χ1v) is 7.30. The molecule has 0 saturated heterocycles. The molecule has 0 aromatic heterocycles. The maximum atomic E-state index is 13.8. The third kappa shape index (κ3) is 4.26. The normalized spacial score (nSPS) is 12.4.